The molecule has 0 bridgehead atoms. The molecule has 7 nitrogen and oxygen atoms in total. The van der Waals surface area contributed by atoms with Gasteiger partial charge in [0.2, 0.25) is 0 Å². The molecule has 0 atom stereocenters. The maximum Gasteiger partial charge on any atom is 0.309 e. The van der Waals surface area contributed by atoms with Gasteiger partial charge in [-0.2, -0.15) is 0 Å². The van der Waals surface area contributed by atoms with E-state index in [0.717, 1.165) is 57.8 Å². The van der Waals surface area contributed by atoms with Crippen LogP contribution >= 0.6 is 11.8 Å². The topological polar surface area (TPSA) is 75.5 Å². The van der Waals surface area contributed by atoms with Crippen molar-refractivity contribution in [2.24, 2.45) is 7.05 Å². The summed E-state index contributed by atoms with van der Waals surface area (Å²) in [5.74, 6) is 2.36. The van der Waals surface area contributed by atoms with Gasteiger partial charge in [-0.05, 0) is 54.4 Å². The zero-order valence-corrected chi connectivity index (χ0v) is 26.1. The maximum absolute atomic E-state index is 11.5. The van der Waals surface area contributed by atoms with Crippen LogP contribution in [0.3, 0.4) is 0 Å². The number of nitrogens with zero attached hydrogens (tertiary/aromatic N) is 3. The third-order valence-corrected chi connectivity index (χ3v) is 8.10. The van der Waals surface area contributed by atoms with E-state index in [1.54, 1.807) is 11.8 Å². The maximum atomic E-state index is 11.5. The second-order valence-electron chi connectivity index (χ2n) is 10.4. The van der Waals surface area contributed by atoms with Crippen LogP contribution in [0.5, 0.6) is 11.5 Å². The molecule has 8 heteroatoms. The Kier molecular flexibility index (Phi) is 14.6. The Hall–Kier alpha value is -3.00. The Morgan fingerprint density at radius 2 is 1.56 bits per heavy atom. The number of methoxy groups -OCH3 is 1. The Balaban J connectivity index is 1.64. The van der Waals surface area contributed by atoms with Gasteiger partial charge in [0.15, 0.2) is 5.16 Å². The first kappa shape index (κ1) is 32.5. The van der Waals surface area contributed by atoms with Gasteiger partial charge in [0, 0.05) is 23.9 Å². The van der Waals surface area contributed by atoms with Gasteiger partial charge in [-0.1, -0.05) is 83.4 Å². The number of aromatic nitrogens is 3. The molecule has 2 aromatic carbocycles. The minimum absolute atomic E-state index is 0.248. The molecule has 0 saturated carbocycles. The number of unbranched alkanes of at least 4 members (excludes halogenated alkanes) is 8. The molecule has 0 radical (unpaired) electrons. The molecule has 3 aromatic rings. The highest BCUT2D eigenvalue weighted by Crippen LogP contribution is 2.32. The predicted octanol–water partition coefficient (Wildman–Crippen LogP) is 8.12. The molecule has 224 valence electrons. The number of carbonyl (C=O) groups excluding carboxylic acids is 1. The number of carbonyl (C=O) groups is 1. The monoisotopic (exact) mass is 581 g/mol. The molecule has 0 spiro atoms. The van der Waals surface area contributed by atoms with Crippen molar-refractivity contribution >= 4 is 17.7 Å². The summed E-state index contributed by atoms with van der Waals surface area (Å²) in [6.45, 7) is 5.54. The molecule has 0 unspecified atom stereocenters. The third-order valence-electron chi connectivity index (χ3n) is 7.08. The van der Waals surface area contributed by atoms with E-state index in [2.05, 4.69) is 53.9 Å². The molecule has 0 aliphatic heterocycles. The van der Waals surface area contributed by atoms with Gasteiger partial charge in [-0.3, -0.25) is 4.79 Å². The number of hydrogen-bond donors (Lipinski definition) is 0. The molecule has 41 heavy (non-hydrogen) atoms. The number of benzene rings is 2. The van der Waals surface area contributed by atoms with E-state index in [-0.39, 0.29) is 12.4 Å². The first-order valence-electron chi connectivity index (χ1n) is 15.1. The van der Waals surface area contributed by atoms with Gasteiger partial charge in [-0.25, -0.2) is 0 Å². The highest BCUT2D eigenvalue weighted by atomic mass is 32.2. The Bertz CT molecular complexity index is 1180. The van der Waals surface area contributed by atoms with Gasteiger partial charge >= 0.3 is 5.97 Å². The van der Waals surface area contributed by atoms with Crippen molar-refractivity contribution in [1.29, 1.82) is 0 Å². The summed E-state index contributed by atoms with van der Waals surface area (Å²) < 4.78 is 19.2. The van der Waals surface area contributed by atoms with E-state index >= 15 is 0 Å². The van der Waals surface area contributed by atoms with E-state index in [4.69, 9.17) is 14.2 Å². The SMILES string of the molecule is CCCCCCCOc1cc(Sc2nnc(CCCCCCC)n2C)ccc1COc1ccc(CC(=O)OC)cc1. The first-order valence-corrected chi connectivity index (χ1v) is 16.0. The van der Waals surface area contributed by atoms with E-state index in [1.807, 2.05) is 24.3 Å². The normalized spacial score (nSPS) is 11.0. The van der Waals surface area contributed by atoms with Crippen molar-refractivity contribution in [2.45, 2.75) is 108 Å². The summed E-state index contributed by atoms with van der Waals surface area (Å²) in [6, 6.07) is 13.8. The van der Waals surface area contributed by atoms with Gasteiger partial charge in [0.05, 0.1) is 20.1 Å². The lowest BCUT2D eigenvalue weighted by molar-refractivity contribution is -0.139. The Morgan fingerprint density at radius 1 is 0.854 bits per heavy atom. The Morgan fingerprint density at radius 3 is 2.27 bits per heavy atom. The third kappa shape index (κ3) is 11.4. The van der Waals surface area contributed by atoms with Crippen LogP contribution in [0.15, 0.2) is 52.5 Å². The molecular weight excluding hydrogens is 534 g/mol. The van der Waals surface area contributed by atoms with E-state index in [9.17, 15) is 4.79 Å². The molecule has 0 aliphatic carbocycles. The molecule has 0 aliphatic rings. The van der Waals surface area contributed by atoms with Crippen molar-refractivity contribution in [3.05, 3.63) is 59.4 Å². The van der Waals surface area contributed by atoms with Crippen LogP contribution in [0.2, 0.25) is 0 Å². The van der Waals surface area contributed by atoms with Crippen molar-refractivity contribution < 1.29 is 19.0 Å². The van der Waals surface area contributed by atoms with E-state index in [1.165, 1.54) is 58.5 Å². The largest absolute Gasteiger partial charge is 0.493 e. The summed E-state index contributed by atoms with van der Waals surface area (Å²) in [6.07, 6.45) is 13.4. The highest BCUT2D eigenvalue weighted by Gasteiger charge is 2.13. The number of aryl methyl sites for hydroxylation is 1. The molecule has 0 fully saturated rings. The molecule has 1 aromatic heterocycles. The molecular formula is C33H47N3O4S. The average molecular weight is 582 g/mol. The van der Waals surface area contributed by atoms with Gasteiger partial charge < -0.3 is 18.8 Å². The van der Waals surface area contributed by atoms with E-state index in [0.29, 0.717) is 13.2 Å². The van der Waals surface area contributed by atoms with Crippen LogP contribution in [0.4, 0.5) is 0 Å². The van der Waals surface area contributed by atoms with Crippen LogP contribution in [-0.2, 0) is 36.0 Å². The molecule has 3 rings (SSSR count). The zero-order valence-electron chi connectivity index (χ0n) is 25.3. The summed E-state index contributed by atoms with van der Waals surface area (Å²) in [7, 11) is 3.45. The van der Waals surface area contributed by atoms with Crippen molar-refractivity contribution in [2.75, 3.05) is 13.7 Å². The fraction of sp³-hybridized carbons (Fsp3) is 0.545. The lowest BCUT2D eigenvalue weighted by Gasteiger charge is -2.14. The summed E-state index contributed by atoms with van der Waals surface area (Å²) in [5.41, 5.74) is 1.88. The quantitative estimate of drug-likeness (QED) is 0.0985. The minimum Gasteiger partial charge on any atom is -0.493 e. The van der Waals surface area contributed by atoms with Gasteiger partial charge in [-0.15, -0.1) is 10.2 Å². The number of ether oxygens (including phenoxy) is 3. The predicted molar refractivity (Wildman–Crippen MR) is 165 cm³/mol. The Labute approximate surface area is 250 Å². The molecule has 0 saturated heterocycles. The highest BCUT2D eigenvalue weighted by molar-refractivity contribution is 7.99. The first-order chi connectivity index (χ1) is 20.0. The van der Waals surface area contributed by atoms with Crippen LogP contribution in [0, 0.1) is 0 Å². The lowest BCUT2D eigenvalue weighted by atomic mass is 10.1. The lowest BCUT2D eigenvalue weighted by Crippen LogP contribution is -2.05. The van der Waals surface area contributed by atoms with Crippen LogP contribution < -0.4 is 9.47 Å². The number of rotatable bonds is 20. The van der Waals surface area contributed by atoms with Crippen molar-refractivity contribution in [1.82, 2.24) is 14.8 Å². The smallest absolute Gasteiger partial charge is 0.309 e. The summed E-state index contributed by atoms with van der Waals surface area (Å²) in [5, 5.41) is 9.81. The second kappa shape index (κ2) is 18.4. The van der Waals surface area contributed by atoms with Crippen LogP contribution in [0.1, 0.15) is 95.0 Å². The van der Waals surface area contributed by atoms with Crippen LogP contribution in [0.25, 0.3) is 0 Å². The number of esters is 1. The molecule has 0 N–H and O–H groups in total. The summed E-state index contributed by atoms with van der Waals surface area (Å²) in [4.78, 5) is 12.6. The average Bonchev–Trinajstić information content (AvgIpc) is 3.33. The number of hydrogen-bond acceptors (Lipinski definition) is 7. The molecule has 0 amide bonds. The fourth-order valence-electron chi connectivity index (χ4n) is 4.49. The minimum atomic E-state index is -0.256. The van der Waals surface area contributed by atoms with Gasteiger partial charge in [0.1, 0.15) is 23.9 Å². The fourth-order valence-corrected chi connectivity index (χ4v) is 5.32. The van der Waals surface area contributed by atoms with Crippen molar-refractivity contribution in [3.63, 3.8) is 0 Å². The zero-order chi connectivity index (χ0) is 29.3. The summed E-state index contributed by atoms with van der Waals surface area (Å²) >= 11 is 1.61. The van der Waals surface area contributed by atoms with Crippen molar-refractivity contribution in [3.8, 4) is 11.5 Å². The van der Waals surface area contributed by atoms with Crippen LogP contribution in [-0.4, -0.2) is 34.5 Å². The van der Waals surface area contributed by atoms with Gasteiger partial charge in [0.25, 0.3) is 0 Å². The molecule has 1 heterocycles. The second-order valence-corrected chi connectivity index (χ2v) is 11.5. The standard InChI is InChI=1S/C33H47N3O4S/c1-5-7-9-11-13-15-31-34-35-33(36(31)3)41-29-21-18-27(30(24-29)39-22-14-12-10-8-6-2)25-40-28-19-16-26(17-20-28)23-32(37)38-4/h16-21,24H,5-15,22-23,25H2,1-4H3. The van der Waals surface area contributed by atoms with E-state index < -0.39 is 0 Å².